The molecule has 104 valence electrons. The second-order valence-electron chi connectivity index (χ2n) is 4.74. The minimum Gasteiger partial charge on any atom is -0.392 e. The van der Waals surface area contributed by atoms with Crippen molar-refractivity contribution in [2.24, 2.45) is 5.92 Å². The van der Waals surface area contributed by atoms with E-state index in [1.165, 1.54) is 0 Å². The van der Waals surface area contributed by atoms with Crippen LogP contribution in [0.25, 0.3) is 0 Å². The Morgan fingerprint density at radius 1 is 1.18 bits per heavy atom. The monoisotopic (exact) mass is 247 g/mol. The van der Waals surface area contributed by atoms with E-state index in [0.29, 0.717) is 31.7 Å². The molecule has 0 saturated heterocycles. The number of ether oxygens (including phenoxy) is 2. The second kappa shape index (κ2) is 9.83. The van der Waals surface area contributed by atoms with Crippen LogP contribution in [-0.4, -0.2) is 62.7 Å². The number of hydrogen-bond acceptors (Lipinski definition) is 4. The lowest BCUT2D eigenvalue weighted by atomic mass is 10.0. The van der Waals surface area contributed by atoms with Crippen LogP contribution in [0.2, 0.25) is 0 Å². The van der Waals surface area contributed by atoms with Gasteiger partial charge in [-0.25, -0.2) is 0 Å². The highest BCUT2D eigenvalue weighted by Crippen LogP contribution is 2.11. The van der Waals surface area contributed by atoms with Crippen molar-refractivity contribution in [3.05, 3.63) is 0 Å². The third kappa shape index (κ3) is 6.99. The highest BCUT2D eigenvalue weighted by atomic mass is 16.5. The van der Waals surface area contributed by atoms with E-state index in [1.807, 2.05) is 0 Å². The van der Waals surface area contributed by atoms with E-state index in [0.717, 1.165) is 13.0 Å². The van der Waals surface area contributed by atoms with Gasteiger partial charge in [0.15, 0.2) is 0 Å². The first-order valence-electron chi connectivity index (χ1n) is 6.46. The first kappa shape index (κ1) is 16.8. The first-order valence-corrected chi connectivity index (χ1v) is 6.46. The summed E-state index contributed by atoms with van der Waals surface area (Å²) in [4.78, 5) is 2.23. The predicted molar refractivity (Wildman–Crippen MR) is 70.2 cm³/mol. The van der Waals surface area contributed by atoms with E-state index in [4.69, 9.17) is 9.47 Å². The van der Waals surface area contributed by atoms with E-state index in [2.05, 4.69) is 25.7 Å². The molecule has 3 unspecified atom stereocenters. The molecule has 0 aromatic carbocycles. The zero-order chi connectivity index (χ0) is 13.3. The molecule has 0 amide bonds. The maximum absolute atomic E-state index is 10.1. The Morgan fingerprint density at radius 2 is 1.82 bits per heavy atom. The zero-order valence-electron chi connectivity index (χ0n) is 12.0. The lowest BCUT2D eigenvalue weighted by molar-refractivity contribution is 0.0203. The van der Waals surface area contributed by atoms with Crippen molar-refractivity contribution in [1.29, 1.82) is 0 Å². The minimum absolute atomic E-state index is 0.281. The lowest BCUT2D eigenvalue weighted by Crippen LogP contribution is -2.44. The topological polar surface area (TPSA) is 41.9 Å². The van der Waals surface area contributed by atoms with Crippen LogP contribution in [0, 0.1) is 5.92 Å². The highest BCUT2D eigenvalue weighted by Gasteiger charge is 2.20. The Kier molecular flexibility index (Phi) is 9.74. The summed E-state index contributed by atoms with van der Waals surface area (Å²) in [5.74, 6) is 0.329. The number of methoxy groups -OCH3 is 2. The first-order chi connectivity index (χ1) is 8.06. The smallest absolute Gasteiger partial charge is 0.0692 e. The van der Waals surface area contributed by atoms with Gasteiger partial charge in [0.05, 0.1) is 19.3 Å². The number of aliphatic hydroxyl groups excluding tert-OH is 1. The van der Waals surface area contributed by atoms with Crippen LogP contribution in [0.3, 0.4) is 0 Å². The summed E-state index contributed by atoms with van der Waals surface area (Å²) in [7, 11) is 3.40. The Balaban J connectivity index is 4.25. The third-order valence-corrected chi connectivity index (χ3v) is 3.34. The molecule has 0 spiro atoms. The maximum Gasteiger partial charge on any atom is 0.0692 e. The van der Waals surface area contributed by atoms with Gasteiger partial charge >= 0.3 is 0 Å². The van der Waals surface area contributed by atoms with E-state index in [-0.39, 0.29) is 6.10 Å². The van der Waals surface area contributed by atoms with Gasteiger partial charge in [-0.2, -0.15) is 0 Å². The molecule has 0 radical (unpaired) electrons. The highest BCUT2D eigenvalue weighted by molar-refractivity contribution is 4.73. The van der Waals surface area contributed by atoms with Crippen molar-refractivity contribution in [1.82, 2.24) is 4.90 Å². The summed E-state index contributed by atoms with van der Waals surface area (Å²) in [5.41, 5.74) is 0. The summed E-state index contributed by atoms with van der Waals surface area (Å²) >= 11 is 0. The Labute approximate surface area is 106 Å². The minimum atomic E-state index is -0.281. The van der Waals surface area contributed by atoms with Gasteiger partial charge in [-0.1, -0.05) is 20.3 Å². The summed E-state index contributed by atoms with van der Waals surface area (Å²) in [6, 6.07) is 0.300. The van der Waals surface area contributed by atoms with Crippen LogP contribution in [0.1, 0.15) is 27.2 Å². The van der Waals surface area contributed by atoms with Crippen molar-refractivity contribution < 1.29 is 14.6 Å². The van der Waals surface area contributed by atoms with Gasteiger partial charge in [0.1, 0.15) is 0 Å². The van der Waals surface area contributed by atoms with Crippen molar-refractivity contribution in [3.63, 3.8) is 0 Å². The summed E-state index contributed by atoms with van der Waals surface area (Å²) < 4.78 is 10.3. The molecule has 4 nitrogen and oxygen atoms in total. The molecule has 17 heavy (non-hydrogen) atoms. The normalized spacial score (nSPS) is 17.1. The summed E-state index contributed by atoms with van der Waals surface area (Å²) in [6.07, 6.45) is 0.717. The summed E-state index contributed by atoms with van der Waals surface area (Å²) in [6.45, 7) is 9.17. The number of nitrogens with zero attached hydrogens (tertiary/aromatic N) is 1. The molecule has 0 aliphatic rings. The molecule has 3 atom stereocenters. The van der Waals surface area contributed by atoms with Gasteiger partial charge in [-0.15, -0.1) is 0 Å². The average Bonchev–Trinajstić information content (AvgIpc) is 2.33. The van der Waals surface area contributed by atoms with E-state index >= 15 is 0 Å². The standard InChI is InChI=1S/C13H29NO3/c1-6-11(2)13(15)9-14(7-8-16-4)12(3)10-17-5/h11-13,15H,6-10H2,1-5H3. The van der Waals surface area contributed by atoms with Gasteiger partial charge in [0.2, 0.25) is 0 Å². The van der Waals surface area contributed by atoms with E-state index in [1.54, 1.807) is 14.2 Å². The average molecular weight is 247 g/mol. The van der Waals surface area contributed by atoms with Crippen molar-refractivity contribution in [3.8, 4) is 0 Å². The predicted octanol–water partition coefficient (Wildman–Crippen LogP) is 1.38. The van der Waals surface area contributed by atoms with Gasteiger partial charge < -0.3 is 14.6 Å². The van der Waals surface area contributed by atoms with Crippen LogP contribution in [0.5, 0.6) is 0 Å². The quantitative estimate of drug-likeness (QED) is 0.633. The maximum atomic E-state index is 10.1. The van der Waals surface area contributed by atoms with Gasteiger partial charge in [0, 0.05) is 33.4 Å². The molecule has 0 aliphatic carbocycles. The molecule has 1 N–H and O–H groups in total. The fraction of sp³-hybridized carbons (Fsp3) is 1.00. The van der Waals surface area contributed by atoms with Crippen LogP contribution in [0.15, 0.2) is 0 Å². The van der Waals surface area contributed by atoms with Crippen LogP contribution >= 0.6 is 0 Å². The van der Waals surface area contributed by atoms with Crippen LogP contribution < -0.4 is 0 Å². The largest absolute Gasteiger partial charge is 0.392 e. The van der Waals surface area contributed by atoms with Gasteiger partial charge in [-0.05, 0) is 12.8 Å². The zero-order valence-corrected chi connectivity index (χ0v) is 12.0. The second-order valence-corrected chi connectivity index (χ2v) is 4.74. The van der Waals surface area contributed by atoms with Crippen LogP contribution in [0.4, 0.5) is 0 Å². The fourth-order valence-electron chi connectivity index (χ4n) is 1.74. The van der Waals surface area contributed by atoms with Crippen LogP contribution in [-0.2, 0) is 9.47 Å². The lowest BCUT2D eigenvalue weighted by Gasteiger charge is -2.32. The van der Waals surface area contributed by atoms with Crippen molar-refractivity contribution in [2.45, 2.75) is 39.3 Å². The fourth-order valence-corrected chi connectivity index (χ4v) is 1.74. The third-order valence-electron chi connectivity index (χ3n) is 3.34. The van der Waals surface area contributed by atoms with Gasteiger partial charge in [-0.3, -0.25) is 4.90 Å². The molecule has 0 heterocycles. The Hall–Kier alpha value is -0.160. The summed E-state index contributed by atoms with van der Waals surface area (Å²) in [5, 5.41) is 10.1. The van der Waals surface area contributed by atoms with E-state index < -0.39 is 0 Å². The molecule has 0 aromatic heterocycles. The number of hydrogen-bond donors (Lipinski definition) is 1. The molecular formula is C13H29NO3. The Bertz CT molecular complexity index is 178. The molecule has 0 saturated carbocycles. The number of rotatable bonds is 10. The number of aliphatic hydroxyl groups is 1. The van der Waals surface area contributed by atoms with E-state index in [9.17, 15) is 5.11 Å². The molecule has 0 aliphatic heterocycles. The SMILES string of the molecule is CCC(C)C(O)CN(CCOC)C(C)COC. The molecule has 0 bridgehead atoms. The molecule has 0 rings (SSSR count). The molecule has 4 heteroatoms. The molecule has 0 aromatic rings. The molecule has 0 fully saturated rings. The van der Waals surface area contributed by atoms with Crippen molar-refractivity contribution in [2.75, 3.05) is 40.5 Å². The van der Waals surface area contributed by atoms with Gasteiger partial charge in [0.25, 0.3) is 0 Å². The Morgan fingerprint density at radius 3 is 2.29 bits per heavy atom. The molecular weight excluding hydrogens is 218 g/mol. The van der Waals surface area contributed by atoms with Crippen molar-refractivity contribution >= 4 is 0 Å².